The molecule has 3 nitrogen and oxygen atoms in total. The Hall–Kier alpha value is -1.81. The number of aliphatic carboxylic acids is 1. The van der Waals surface area contributed by atoms with Gasteiger partial charge in [-0.25, -0.2) is 4.79 Å². The number of hydrogen-bond acceptors (Lipinski definition) is 3. The summed E-state index contributed by atoms with van der Waals surface area (Å²) >= 11 is 1.39. The van der Waals surface area contributed by atoms with Crippen molar-refractivity contribution >= 4 is 29.0 Å². The fourth-order valence-electron chi connectivity index (χ4n) is 1.19. The van der Waals surface area contributed by atoms with Gasteiger partial charge >= 0.3 is 5.97 Å². The molecule has 2 heterocycles. The molecule has 0 unspecified atom stereocenters. The van der Waals surface area contributed by atoms with Crippen molar-refractivity contribution in [2.24, 2.45) is 0 Å². The molecule has 0 amide bonds. The number of carboxylic acids is 1. The van der Waals surface area contributed by atoms with E-state index in [4.69, 9.17) is 9.52 Å². The van der Waals surface area contributed by atoms with Gasteiger partial charge in [0.2, 0.25) is 0 Å². The van der Waals surface area contributed by atoms with E-state index in [2.05, 4.69) is 0 Å². The average molecular weight is 220 g/mol. The monoisotopic (exact) mass is 220 g/mol. The second-order valence-corrected chi connectivity index (χ2v) is 3.80. The third-order valence-corrected chi connectivity index (χ3v) is 2.75. The van der Waals surface area contributed by atoms with E-state index in [0.717, 1.165) is 4.88 Å². The predicted molar refractivity (Wildman–Crippen MR) is 58.5 cm³/mol. The normalized spacial score (nSPS) is 11.6. The van der Waals surface area contributed by atoms with Gasteiger partial charge in [-0.2, -0.15) is 0 Å². The van der Waals surface area contributed by atoms with E-state index in [0.29, 0.717) is 5.76 Å². The van der Waals surface area contributed by atoms with Crippen LogP contribution in [0.1, 0.15) is 10.6 Å². The van der Waals surface area contributed by atoms with Crippen molar-refractivity contribution in [1.29, 1.82) is 0 Å². The molecule has 2 aromatic heterocycles. The molecule has 4 heteroatoms. The van der Waals surface area contributed by atoms with E-state index in [-0.39, 0.29) is 5.57 Å². The zero-order valence-electron chi connectivity index (χ0n) is 7.71. The Balaban J connectivity index is 2.41. The minimum Gasteiger partial charge on any atom is -0.478 e. The Labute approximate surface area is 90.3 Å². The quantitative estimate of drug-likeness (QED) is 0.809. The molecule has 2 rings (SSSR count). The third-order valence-electron chi connectivity index (χ3n) is 1.85. The smallest absolute Gasteiger partial charge is 0.337 e. The summed E-state index contributed by atoms with van der Waals surface area (Å²) in [5, 5.41) is 10.9. The summed E-state index contributed by atoms with van der Waals surface area (Å²) in [6.07, 6.45) is 3.04. The Morgan fingerprint density at radius 1 is 1.40 bits per heavy atom. The van der Waals surface area contributed by atoms with E-state index in [1.165, 1.54) is 23.7 Å². The van der Waals surface area contributed by atoms with E-state index in [1.54, 1.807) is 18.2 Å². The van der Waals surface area contributed by atoms with Crippen LogP contribution in [0.2, 0.25) is 0 Å². The lowest BCUT2D eigenvalue weighted by Gasteiger charge is -1.96. The first kappa shape index (κ1) is 9.73. The van der Waals surface area contributed by atoms with Gasteiger partial charge in [-0.15, -0.1) is 11.3 Å². The number of hydrogen-bond donors (Lipinski definition) is 1. The van der Waals surface area contributed by atoms with E-state index in [1.807, 2.05) is 11.4 Å². The first-order valence-electron chi connectivity index (χ1n) is 4.30. The van der Waals surface area contributed by atoms with Gasteiger partial charge in [0.1, 0.15) is 5.76 Å². The molecule has 1 N–H and O–H groups in total. The van der Waals surface area contributed by atoms with Crippen molar-refractivity contribution in [3.05, 3.63) is 46.5 Å². The molecule has 0 aromatic carbocycles. The Kier molecular flexibility index (Phi) is 2.69. The summed E-state index contributed by atoms with van der Waals surface area (Å²) in [7, 11) is 0. The van der Waals surface area contributed by atoms with Crippen LogP contribution in [-0.2, 0) is 4.79 Å². The van der Waals surface area contributed by atoms with Crippen LogP contribution in [0, 0.1) is 0 Å². The number of furan rings is 1. The highest BCUT2D eigenvalue weighted by molar-refractivity contribution is 7.11. The van der Waals surface area contributed by atoms with Crippen LogP contribution >= 0.6 is 11.3 Å². The molecule has 0 aliphatic heterocycles. The van der Waals surface area contributed by atoms with Gasteiger partial charge in [-0.05, 0) is 29.7 Å². The maximum Gasteiger partial charge on any atom is 0.337 e. The van der Waals surface area contributed by atoms with Crippen molar-refractivity contribution in [3.63, 3.8) is 0 Å². The van der Waals surface area contributed by atoms with Gasteiger partial charge in [0.05, 0.1) is 11.8 Å². The highest BCUT2D eigenvalue weighted by Gasteiger charge is 2.11. The molecule has 0 aliphatic carbocycles. The van der Waals surface area contributed by atoms with Gasteiger partial charge in [-0.1, -0.05) is 6.07 Å². The fraction of sp³-hybridized carbons (Fsp3) is 0. The lowest BCUT2D eigenvalue weighted by Crippen LogP contribution is -1.97. The molecule has 0 atom stereocenters. The zero-order valence-corrected chi connectivity index (χ0v) is 8.53. The molecular weight excluding hydrogens is 212 g/mol. The third kappa shape index (κ3) is 2.16. The lowest BCUT2D eigenvalue weighted by molar-refractivity contribution is -0.130. The first-order valence-corrected chi connectivity index (χ1v) is 5.18. The Morgan fingerprint density at radius 2 is 2.27 bits per heavy atom. The summed E-state index contributed by atoms with van der Waals surface area (Å²) in [6.45, 7) is 0. The molecule has 0 spiro atoms. The molecule has 2 aromatic rings. The molecule has 76 valence electrons. The van der Waals surface area contributed by atoms with E-state index >= 15 is 0 Å². The van der Waals surface area contributed by atoms with Crippen LogP contribution < -0.4 is 0 Å². The maximum atomic E-state index is 11.0. The van der Waals surface area contributed by atoms with Crippen LogP contribution in [0.15, 0.2) is 40.3 Å². The van der Waals surface area contributed by atoms with Crippen molar-refractivity contribution in [2.45, 2.75) is 0 Å². The molecule has 0 bridgehead atoms. The molecule has 0 radical (unpaired) electrons. The number of carbonyl (C=O) groups is 1. The molecule has 0 saturated heterocycles. The molecule has 0 saturated carbocycles. The molecule has 15 heavy (non-hydrogen) atoms. The summed E-state index contributed by atoms with van der Waals surface area (Å²) in [5.41, 5.74) is 0.250. The zero-order chi connectivity index (χ0) is 10.7. The van der Waals surface area contributed by atoms with Crippen LogP contribution in [0.3, 0.4) is 0 Å². The Bertz CT molecular complexity index is 466. The summed E-state index contributed by atoms with van der Waals surface area (Å²) in [6, 6.07) is 7.03. The minimum atomic E-state index is -0.950. The van der Waals surface area contributed by atoms with Crippen molar-refractivity contribution < 1.29 is 14.3 Å². The largest absolute Gasteiger partial charge is 0.478 e. The summed E-state index contributed by atoms with van der Waals surface area (Å²) < 4.78 is 5.08. The van der Waals surface area contributed by atoms with Gasteiger partial charge in [0.25, 0.3) is 0 Å². The van der Waals surface area contributed by atoms with Crippen LogP contribution in [0.4, 0.5) is 0 Å². The minimum absolute atomic E-state index is 0.250. The standard InChI is InChI=1S/C11H8O3S/c12-11(13)9(10-4-2-6-15-10)7-8-3-1-5-14-8/h1-7H,(H,12,13)/b9-7+. The van der Waals surface area contributed by atoms with Crippen molar-refractivity contribution in [1.82, 2.24) is 0 Å². The van der Waals surface area contributed by atoms with Crippen LogP contribution in [0.25, 0.3) is 11.6 Å². The second-order valence-electron chi connectivity index (χ2n) is 2.86. The van der Waals surface area contributed by atoms with E-state index in [9.17, 15) is 4.79 Å². The Morgan fingerprint density at radius 3 is 2.80 bits per heavy atom. The van der Waals surface area contributed by atoms with Crippen LogP contribution in [0.5, 0.6) is 0 Å². The van der Waals surface area contributed by atoms with Crippen molar-refractivity contribution in [3.8, 4) is 0 Å². The highest BCUT2D eigenvalue weighted by Crippen LogP contribution is 2.23. The first-order chi connectivity index (χ1) is 7.27. The SMILES string of the molecule is O=C(O)/C(=C/c1ccco1)c1cccs1. The molecular formula is C11H8O3S. The number of carboxylic acid groups (broad SMARTS) is 1. The highest BCUT2D eigenvalue weighted by atomic mass is 32.1. The average Bonchev–Trinajstić information content (AvgIpc) is 2.87. The second kappa shape index (κ2) is 4.14. The van der Waals surface area contributed by atoms with Crippen LogP contribution in [-0.4, -0.2) is 11.1 Å². The fourth-order valence-corrected chi connectivity index (χ4v) is 1.92. The lowest BCUT2D eigenvalue weighted by atomic mass is 10.2. The maximum absolute atomic E-state index is 11.0. The van der Waals surface area contributed by atoms with Gasteiger partial charge in [0.15, 0.2) is 0 Å². The summed E-state index contributed by atoms with van der Waals surface area (Å²) in [5.74, 6) is -0.408. The topological polar surface area (TPSA) is 50.4 Å². The number of thiophene rings is 1. The van der Waals surface area contributed by atoms with Gasteiger partial charge < -0.3 is 9.52 Å². The number of rotatable bonds is 3. The predicted octanol–water partition coefficient (Wildman–Crippen LogP) is 2.97. The summed E-state index contributed by atoms with van der Waals surface area (Å²) in [4.78, 5) is 11.7. The van der Waals surface area contributed by atoms with Gasteiger partial charge in [-0.3, -0.25) is 0 Å². The van der Waals surface area contributed by atoms with Gasteiger partial charge in [0, 0.05) is 4.88 Å². The molecule has 0 fully saturated rings. The molecule has 0 aliphatic rings. The van der Waals surface area contributed by atoms with Crippen molar-refractivity contribution in [2.75, 3.05) is 0 Å². The van der Waals surface area contributed by atoms with E-state index < -0.39 is 5.97 Å².